The van der Waals surface area contributed by atoms with Crippen LogP contribution in [0.5, 0.6) is 0 Å². The molecular weight excluding hydrogens is 144 g/mol. The Morgan fingerprint density at radius 2 is 2.00 bits per heavy atom. The van der Waals surface area contributed by atoms with Gasteiger partial charge < -0.3 is 0 Å². The molecular formula is C12H17. The summed E-state index contributed by atoms with van der Waals surface area (Å²) in [7, 11) is 0. The summed E-state index contributed by atoms with van der Waals surface area (Å²) in [5, 5.41) is 0. The minimum absolute atomic E-state index is 0.358. The molecule has 1 radical (unpaired) electrons. The van der Waals surface area contributed by atoms with E-state index in [0.717, 1.165) is 19.3 Å². The van der Waals surface area contributed by atoms with E-state index in [4.69, 9.17) is 6.42 Å². The number of terminal acetylenes is 1. The predicted molar refractivity (Wildman–Crippen MR) is 54.1 cm³/mol. The minimum atomic E-state index is 0.358. The third-order valence-corrected chi connectivity index (χ3v) is 1.56. The molecule has 0 heterocycles. The molecule has 0 saturated heterocycles. The molecule has 0 aromatic heterocycles. The van der Waals surface area contributed by atoms with E-state index in [-0.39, 0.29) is 0 Å². The summed E-state index contributed by atoms with van der Waals surface area (Å²) in [6, 6.07) is 0. The van der Waals surface area contributed by atoms with Crippen LogP contribution in [0.4, 0.5) is 0 Å². The second kappa shape index (κ2) is 6.81. The maximum absolute atomic E-state index is 5.23. The lowest BCUT2D eigenvalue weighted by Crippen LogP contribution is -1.88. The molecule has 0 aromatic rings. The van der Waals surface area contributed by atoms with Crippen LogP contribution in [0.15, 0.2) is 0 Å². The Morgan fingerprint density at radius 3 is 2.50 bits per heavy atom. The highest BCUT2D eigenvalue weighted by atomic mass is 14.0. The van der Waals surface area contributed by atoms with Gasteiger partial charge in [-0.3, -0.25) is 0 Å². The molecule has 2 atom stereocenters. The maximum atomic E-state index is 5.23. The molecule has 2 unspecified atom stereocenters. The zero-order valence-corrected chi connectivity index (χ0v) is 8.06. The minimum Gasteiger partial charge on any atom is -0.120 e. The fraction of sp³-hybridized carbons (Fsp3) is 0.583. The monoisotopic (exact) mass is 161 g/mol. The van der Waals surface area contributed by atoms with Crippen molar-refractivity contribution in [1.82, 2.24) is 0 Å². The summed E-state index contributed by atoms with van der Waals surface area (Å²) >= 11 is 0. The maximum Gasteiger partial charge on any atom is 0.0181 e. The van der Waals surface area contributed by atoms with E-state index < -0.39 is 0 Å². The molecule has 0 fully saturated rings. The zero-order valence-electron chi connectivity index (χ0n) is 8.06. The van der Waals surface area contributed by atoms with Crippen molar-refractivity contribution in [2.75, 3.05) is 0 Å². The SMILES string of the molecule is C#CC(C)CCC#CCC([CH2])C. The first-order valence-electron chi connectivity index (χ1n) is 4.41. The molecule has 0 amide bonds. The van der Waals surface area contributed by atoms with Crippen LogP contribution in [0.3, 0.4) is 0 Å². The van der Waals surface area contributed by atoms with Gasteiger partial charge in [0.2, 0.25) is 0 Å². The molecule has 0 nitrogen and oxygen atoms in total. The molecule has 0 aromatic carbocycles. The molecule has 0 N–H and O–H groups in total. The highest BCUT2D eigenvalue weighted by Crippen LogP contribution is 2.02. The summed E-state index contributed by atoms with van der Waals surface area (Å²) in [4.78, 5) is 0. The summed E-state index contributed by atoms with van der Waals surface area (Å²) in [6.45, 7) is 7.97. The Labute approximate surface area is 76.8 Å². The van der Waals surface area contributed by atoms with Crippen molar-refractivity contribution in [2.45, 2.75) is 33.1 Å². The van der Waals surface area contributed by atoms with E-state index >= 15 is 0 Å². The molecule has 0 rings (SSSR count). The molecule has 12 heavy (non-hydrogen) atoms. The summed E-state index contributed by atoms with van der Waals surface area (Å²) < 4.78 is 0. The van der Waals surface area contributed by atoms with Crippen molar-refractivity contribution in [1.29, 1.82) is 0 Å². The van der Waals surface area contributed by atoms with E-state index in [1.54, 1.807) is 0 Å². The average Bonchev–Trinajstić information content (AvgIpc) is 2.03. The Bertz CT molecular complexity index is 194. The lowest BCUT2D eigenvalue weighted by atomic mass is 10.1. The van der Waals surface area contributed by atoms with Crippen molar-refractivity contribution in [2.24, 2.45) is 11.8 Å². The van der Waals surface area contributed by atoms with Crippen LogP contribution in [0.1, 0.15) is 33.1 Å². The van der Waals surface area contributed by atoms with Gasteiger partial charge in [-0.25, -0.2) is 0 Å². The topological polar surface area (TPSA) is 0 Å². The molecule has 0 aliphatic carbocycles. The number of rotatable bonds is 3. The number of hydrogen-bond acceptors (Lipinski definition) is 0. The van der Waals surface area contributed by atoms with Crippen LogP contribution < -0.4 is 0 Å². The van der Waals surface area contributed by atoms with E-state index in [2.05, 4.69) is 31.6 Å². The van der Waals surface area contributed by atoms with Gasteiger partial charge in [-0.2, -0.15) is 0 Å². The Kier molecular flexibility index (Phi) is 6.31. The second-order valence-electron chi connectivity index (χ2n) is 3.27. The Morgan fingerprint density at radius 1 is 1.33 bits per heavy atom. The van der Waals surface area contributed by atoms with Crippen molar-refractivity contribution in [3.63, 3.8) is 0 Å². The lowest BCUT2D eigenvalue weighted by molar-refractivity contribution is 0.686. The molecule has 65 valence electrons. The van der Waals surface area contributed by atoms with Crippen LogP contribution in [0, 0.1) is 42.9 Å². The van der Waals surface area contributed by atoms with Crippen LogP contribution >= 0.6 is 0 Å². The largest absolute Gasteiger partial charge is 0.120 e. The van der Waals surface area contributed by atoms with Gasteiger partial charge >= 0.3 is 0 Å². The van der Waals surface area contributed by atoms with Crippen LogP contribution in [0.2, 0.25) is 0 Å². The quantitative estimate of drug-likeness (QED) is 0.558. The van der Waals surface area contributed by atoms with E-state index in [1.165, 1.54) is 0 Å². The molecule has 0 heteroatoms. The predicted octanol–water partition coefficient (Wildman–Crippen LogP) is 2.90. The fourth-order valence-corrected chi connectivity index (χ4v) is 0.707. The molecule has 0 spiro atoms. The van der Waals surface area contributed by atoms with Gasteiger partial charge in [0.25, 0.3) is 0 Å². The molecule has 0 bridgehead atoms. The Balaban J connectivity index is 3.41. The van der Waals surface area contributed by atoms with Gasteiger partial charge in [-0.05, 0) is 19.3 Å². The first kappa shape index (κ1) is 11.1. The van der Waals surface area contributed by atoms with Gasteiger partial charge in [0.15, 0.2) is 0 Å². The molecule has 0 saturated carbocycles. The van der Waals surface area contributed by atoms with Crippen molar-refractivity contribution in [3.8, 4) is 24.2 Å². The fourth-order valence-electron chi connectivity index (χ4n) is 0.707. The smallest absolute Gasteiger partial charge is 0.0181 e. The summed E-state index contributed by atoms with van der Waals surface area (Å²) in [5.74, 6) is 9.65. The second-order valence-corrected chi connectivity index (χ2v) is 3.27. The molecule has 0 aliphatic heterocycles. The van der Waals surface area contributed by atoms with Crippen LogP contribution in [0.25, 0.3) is 0 Å². The summed E-state index contributed by atoms with van der Waals surface area (Å²) in [5.41, 5.74) is 0. The van der Waals surface area contributed by atoms with Gasteiger partial charge in [0.1, 0.15) is 0 Å². The normalized spacial score (nSPS) is 11.6. The Hall–Kier alpha value is -0.880. The standard InChI is InChI=1S/C12H17/c1-5-12(4)10-8-6-7-9-11(2)3/h1,11-12H,2,8-10H2,3-4H3. The van der Waals surface area contributed by atoms with Gasteiger partial charge in [-0.1, -0.05) is 13.8 Å². The van der Waals surface area contributed by atoms with Crippen molar-refractivity contribution < 1.29 is 0 Å². The molecule has 0 aliphatic rings. The first-order valence-corrected chi connectivity index (χ1v) is 4.41. The third kappa shape index (κ3) is 7.23. The van der Waals surface area contributed by atoms with Gasteiger partial charge in [-0.15, -0.1) is 24.2 Å². The van der Waals surface area contributed by atoms with Gasteiger partial charge in [0, 0.05) is 18.8 Å². The highest BCUT2D eigenvalue weighted by Gasteiger charge is 1.92. The van der Waals surface area contributed by atoms with Crippen LogP contribution in [-0.4, -0.2) is 0 Å². The van der Waals surface area contributed by atoms with Crippen molar-refractivity contribution in [3.05, 3.63) is 6.92 Å². The van der Waals surface area contributed by atoms with E-state index in [9.17, 15) is 0 Å². The van der Waals surface area contributed by atoms with Crippen LogP contribution in [-0.2, 0) is 0 Å². The number of hydrogen-bond donors (Lipinski definition) is 0. The van der Waals surface area contributed by atoms with Crippen molar-refractivity contribution >= 4 is 0 Å². The third-order valence-electron chi connectivity index (χ3n) is 1.56. The first-order chi connectivity index (χ1) is 5.66. The van der Waals surface area contributed by atoms with E-state index in [0.29, 0.717) is 11.8 Å². The lowest BCUT2D eigenvalue weighted by Gasteiger charge is -1.97. The highest BCUT2D eigenvalue weighted by molar-refractivity contribution is 5.01. The zero-order chi connectivity index (χ0) is 9.40. The van der Waals surface area contributed by atoms with Gasteiger partial charge in [0.05, 0.1) is 0 Å². The average molecular weight is 161 g/mol. The van der Waals surface area contributed by atoms with E-state index in [1.807, 2.05) is 6.92 Å². The summed E-state index contributed by atoms with van der Waals surface area (Å²) in [6.07, 6.45) is 8.04.